The Bertz CT molecular complexity index is 474. The Morgan fingerprint density at radius 2 is 2.05 bits per heavy atom. The first-order valence-corrected chi connectivity index (χ1v) is 5.85. The number of carbonyl (C=O) groups is 1. The van der Waals surface area contributed by atoms with Gasteiger partial charge in [-0.15, -0.1) is 0 Å². The number of nitrogens with zero attached hydrogens (tertiary/aromatic N) is 1. The Balaban J connectivity index is 2.93. The number of benzene rings is 1. The third kappa shape index (κ3) is 5.48. The lowest BCUT2D eigenvalue weighted by atomic mass is 10.1. The number of halogens is 3. The van der Waals surface area contributed by atoms with E-state index in [2.05, 4.69) is 0 Å². The maximum atomic E-state index is 12.5. The molecule has 0 saturated heterocycles. The van der Waals surface area contributed by atoms with Gasteiger partial charge in [-0.25, -0.2) is 0 Å². The summed E-state index contributed by atoms with van der Waals surface area (Å²) in [5.74, 6) is -0.867. The molecule has 0 bridgehead atoms. The summed E-state index contributed by atoms with van der Waals surface area (Å²) in [4.78, 5) is 11.5. The van der Waals surface area contributed by atoms with Crippen molar-refractivity contribution in [1.82, 2.24) is 4.90 Å². The average Bonchev–Trinajstić information content (AvgIpc) is 2.25. The predicted molar refractivity (Wildman–Crippen MR) is 66.7 cm³/mol. The first kappa shape index (κ1) is 16.3. The van der Waals surface area contributed by atoms with Crippen LogP contribution in [0, 0.1) is 6.92 Å². The second-order valence-corrected chi connectivity index (χ2v) is 4.47. The van der Waals surface area contributed by atoms with E-state index in [1.165, 1.54) is 7.11 Å². The van der Waals surface area contributed by atoms with Gasteiger partial charge >= 0.3 is 12.1 Å². The third-order valence-electron chi connectivity index (χ3n) is 2.59. The van der Waals surface area contributed by atoms with Gasteiger partial charge in [-0.3, -0.25) is 9.69 Å². The van der Waals surface area contributed by atoms with Crippen LogP contribution in [0.4, 0.5) is 13.2 Å². The van der Waals surface area contributed by atoms with Gasteiger partial charge in [0.2, 0.25) is 0 Å². The first-order chi connectivity index (χ1) is 9.21. The van der Waals surface area contributed by atoms with Crippen LogP contribution in [-0.2, 0) is 11.3 Å². The lowest BCUT2D eigenvalue weighted by Gasteiger charge is -2.23. The SMILES string of the molecule is COc1ccc(C)cc1CN(CC(=O)O)CC(F)(F)F. The van der Waals surface area contributed by atoms with Crippen molar-refractivity contribution in [2.24, 2.45) is 0 Å². The second kappa shape index (κ2) is 6.60. The van der Waals surface area contributed by atoms with Crippen molar-refractivity contribution in [1.29, 1.82) is 0 Å². The number of hydrogen-bond donors (Lipinski definition) is 1. The summed E-state index contributed by atoms with van der Waals surface area (Å²) in [5, 5.41) is 8.70. The van der Waals surface area contributed by atoms with E-state index in [9.17, 15) is 18.0 Å². The normalized spacial score (nSPS) is 11.7. The van der Waals surface area contributed by atoms with Crippen LogP contribution in [0.25, 0.3) is 0 Å². The molecule has 20 heavy (non-hydrogen) atoms. The molecule has 0 radical (unpaired) electrons. The molecule has 0 fully saturated rings. The Kier molecular flexibility index (Phi) is 5.38. The highest BCUT2D eigenvalue weighted by Gasteiger charge is 2.31. The number of carboxylic acid groups (broad SMARTS) is 1. The van der Waals surface area contributed by atoms with E-state index >= 15 is 0 Å². The third-order valence-corrected chi connectivity index (χ3v) is 2.59. The number of rotatable bonds is 6. The number of alkyl halides is 3. The molecule has 1 N–H and O–H groups in total. The number of carboxylic acids is 1. The molecule has 0 aliphatic carbocycles. The van der Waals surface area contributed by atoms with Crippen molar-refractivity contribution in [2.45, 2.75) is 19.6 Å². The summed E-state index contributed by atoms with van der Waals surface area (Å²) < 4.78 is 42.4. The molecule has 0 aliphatic rings. The molecule has 0 amide bonds. The van der Waals surface area contributed by atoms with Crippen molar-refractivity contribution < 1.29 is 27.8 Å². The minimum Gasteiger partial charge on any atom is -0.496 e. The minimum absolute atomic E-state index is 0.142. The number of methoxy groups -OCH3 is 1. The van der Waals surface area contributed by atoms with Gasteiger partial charge < -0.3 is 9.84 Å². The van der Waals surface area contributed by atoms with Crippen LogP contribution in [0.2, 0.25) is 0 Å². The summed E-state index contributed by atoms with van der Waals surface area (Å²) >= 11 is 0. The molecular weight excluding hydrogens is 275 g/mol. The Hall–Kier alpha value is -1.76. The van der Waals surface area contributed by atoms with E-state index in [4.69, 9.17) is 9.84 Å². The zero-order valence-corrected chi connectivity index (χ0v) is 11.2. The van der Waals surface area contributed by atoms with Gasteiger partial charge in [-0.1, -0.05) is 17.7 Å². The average molecular weight is 291 g/mol. The summed E-state index contributed by atoms with van der Waals surface area (Å²) in [5.41, 5.74) is 1.39. The van der Waals surface area contributed by atoms with E-state index in [1.807, 2.05) is 0 Å². The van der Waals surface area contributed by atoms with Crippen molar-refractivity contribution in [3.05, 3.63) is 29.3 Å². The molecular formula is C13H16F3NO3. The summed E-state index contributed by atoms with van der Waals surface area (Å²) in [7, 11) is 1.42. The van der Waals surface area contributed by atoms with Crippen molar-refractivity contribution in [3.63, 3.8) is 0 Å². The number of hydrogen-bond acceptors (Lipinski definition) is 3. The molecule has 7 heteroatoms. The molecule has 1 aromatic carbocycles. The van der Waals surface area contributed by atoms with E-state index in [1.54, 1.807) is 25.1 Å². The lowest BCUT2D eigenvalue weighted by molar-refractivity contribution is -0.154. The molecule has 1 rings (SSSR count). The highest BCUT2D eigenvalue weighted by molar-refractivity contribution is 5.69. The van der Waals surface area contributed by atoms with Gasteiger partial charge in [0.25, 0.3) is 0 Å². The highest BCUT2D eigenvalue weighted by Crippen LogP contribution is 2.23. The van der Waals surface area contributed by atoms with Gasteiger partial charge in [0.15, 0.2) is 0 Å². The molecule has 0 aromatic heterocycles. The quantitative estimate of drug-likeness (QED) is 0.874. The van der Waals surface area contributed by atoms with E-state index in [0.717, 1.165) is 10.5 Å². The summed E-state index contributed by atoms with van der Waals surface area (Å²) in [6.45, 7) is -0.308. The molecule has 0 atom stereocenters. The molecule has 0 aliphatic heterocycles. The fourth-order valence-electron chi connectivity index (χ4n) is 1.88. The van der Waals surface area contributed by atoms with Gasteiger partial charge in [-0.05, 0) is 13.0 Å². The molecule has 0 saturated carbocycles. The molecule has 0 unspecified atom stereocenters. The highest BCUT2D eigenvalue weighted by atomic mass is 19.4. The fraction of sp³-hybridized carbons (Fsp3) is 0.462. The van der Waals surface area contributed by atoms with Gasteiger partial charge in [0.1, 0.15) is 5.75 Å². The maximum Gasteiger partial charge on any atom is 0.401 e. The Labute approximate surface area is 114 Å². The fourth-order valence-corrected chi connectivity index (χ4v) is 1.88. The van der Waals surface area contributed by atoms with Crippen LogP contribution in [-0.4, -0.2) is 42.4 Å². The van der Waals surface area contributed by atoms with Crippen LogP contribution in [0.3, 0.4) is 0 Å². The van der Waals surface area contributed by atoms with Crippen molar-refractivity contribution >= 4 is 5.97 Å². The van der Waals surface area contributed by atoms with Crippen LogP contribution in [0.1, 0.15) is 11.1 Å². The Morgan fingerprint density at radius 3 is 2.55 bits per heavy atom. The van der Waals surface area contributed by atoms with E-state index < -0.39 is 25.2 Å². The monoisotopic (exact) mass is 291 g/mol. The summed E-state index contributed by atoms with van der Waals surface area (Å²) in [6.07, 6.45) is -4.45. The van der Waals surface area contributed by atoms with Crippen LogP contribution < -0.4 is 4.74 Å². The molecule has 1 aromatic rings. The largest absolute Gasteiger partial charge is 0.496 e. The molecule has 0 heterocycles. The molecule has 112 valence electrons. The minimum atomic E-state index is -4.45. The van der Waals surface area contributed by atoms with Crippen LogP contribution in [0.15, 0.2) is 18.2 Å². The predicted octanol–water partition coefficient (Wildman–Crippen LogP) is 2.45. The number of ether oxygens (including phenoxy) is 1. The second-order valence-electron chi connectivity index (χ2n) is 4.47. The zero-order chi connectivity index (χ0) is 15.3. The topological polar surface area (TPSA) is 49.8 Å². The maximum absolute atomic E-state index is 12.5. The van der Waals surface area contributed by atoms with E-state index in [0.29, 0.717) is 11.3 Å². The standard InChI is InChI=1S/C13H16F3NO3/c1-9-3-4-11(20-2)10(5-9)6-17(7-12(18)19)8-13(14,15)16/h3-5H,6-8H2,1-2H3,(H,18,19). The summed E-state index contributed by atoms with van der Waals surface area (Å²) in [6, 6.07) is 5.11. The van der Waals surface area contributed by atoms with Gasteiger partial charge in [0.05, 0.1) is 20.2 Å². The van der Waals surface area contributed by atoms with Gasteiger partial charge in [-0.2, -0.15) is 13.2 Å². The number of aliphatic carboxylic acids is 1. The smallest absolute Gasteiger partial charge is 0.401 e. The van der Waals surface area contributed by atoms with Crippen LogP contribution in [0.5, 0.6) is 5.75 Å². The first-order valence-electron chi connectivity index (χ1n) is 5.85. The lowest BCUT2D eigenvalue weighted by Crippen LogP contribution is -2.37. The van der Waals surface area contributed by atoms with E-state index in [-0.39, 0.29) is 6.54 Å². The Morgan fingerprint density at radius 1 is 1.40 bits per heavy atom. The van der Waals surface area contributed by atoms with Crippen LogP contribution >= 0.6 is 0 Å². The zero-order valence-electron chi connectivity index (χ0n) is 11.2. The number of aryl methyl sites for hydroxylation is 1. The van der Waals surface area contributed by atoms with Crippen molar-refractivity contribution in [2.75, 3.05) is 20.2 Å². The molecule has 0 spiro atoms. The van der Waals surface area contributed by atoms with Crippen molar-refractivity contribution in [3.8, 4) is 5.75 Å². The molecule has 4 nitrogen and oxygen atoms in total. The van der Waals surface area contributed by atoms with Gasteiger partial charge in [0, 0.05) is 12.1 Å².